The number of anilines is 3. The maximum atomic E-state index is 13.1. The number of nitrogens with one attached hydrogen (secondary N) is 1. The Morgan fingerprint density at radius 3 is 2.26 bits per heavy atom. The third kappa shape index (κ3) is 5.14. The Hall–Kier alpha value is -3.59. The summed E-state index contributed by atoms with van der Waals surface area (Å²) < 4.78 is 5.43. The number of likely N-dealkylation sites (N-methyl/N-ethyl adjacent to an activating group) is 1. The Morgan fingerprint density at radius 2 is 1.62 bits per heavy atom. The number of urea groups is 1. The molecule has 4 amide bonds. The molecule has 4 rings (SSSR count). The number of benzene rings is 2. The lowest BCUT2D eigenvalue weighted by Crippen LogP contribution is -2.55. The minimum absolute atomic E-state index is 0.0314. The summed E-state index contributed by atoms with van der Waals surface area (Å²) >= 11 is 0. The van der Waals surface area contributed by atoms with Gasteiger partial charge in [-0.15, -0.1) is 0 Å². The Kier molecular flexibility index (Phi) is 7.32. The van der Waals surface area contributed by atoms with Crippen molar-refractivity contribution in [2.75, 3.05) is 67.5 Å². The van der Waals surface area contributed by atoms with Crippen molar-refractivity contribution in [3.8, 4) is 5.75 Å². The van der Waals surface area contributed by atoms with Gasteiger partial charge in [-0.3, -0.25) is 19.4 Å². The summed E-state index contributed by atoms with van der Waals surface area (Å²) in [7, 11) is 0. The highest BCUT2D eigenvalue weighted by atomic mass is 16.5. The highest BCUT2D eigenvalue weighted by Gasteiger charge is 2.34. The van der Waals surface area contributed by atoms with E-state index in [0.717, 1.165) is 25.4 Å². The largest absolute Gasteiger partial charge is 0.494 e. The van der Waals surface area contributed by atoms with Crippen LogP contribution in [0.15, 0.2) is 48.5 Å². The van der Waals surface area contributed by atoms with E-state index in [1.54, 1.807) is 42.5 Å². The fourth-order valence-corrected chi connectivity index (χ4v) is 4.26. The lowest BCUT2D eigenvalue weighted by atomic mass is 10.1. The SMILES string of the molecule is CCOc1ccc(NC(=O)N2CC(=O)N(CC(=O)N3CCN(CC)CC3)c3ccccc32)cc1. The van der Waals surface area contributed by atoms with Gasteiger partial charge in [-0.05, 0) is 49.9 Å². The minimum atomic E-state index is -0.411. The van der Waals surface area contributed by atoms with Crippen molar-refractivity contribution in [1.82, 2.24) is 9.80 Å². The molecule has 1 fully saturated rings. The zero-order chi connectivity index (χ0) is 24.1. The third-order valence-corrected chi connectivity index (χ3v) is 6.19. The van der Waals surface area contributed by atoms with E-state index in [1.165, 1.54) is 9.80 Å². The Balaban J connectivity index is 1.47. The molecule has 2 aromatic carbocycles. The van der Waals surface area contributed by atoms with E-state index in [2.05, 4.69) is 17.1 Å². The predicted molar refractivity (Wildman–Crippen MR) is 131 cm³/mol. The number of carbonyl (C=O) groups is 3. The maximum Gasteiger partial charge on any atom is 0.326 e. The van der Waals surface area contributed by atoms with Gasteiger partial charge in [0.05, 0.1) is 18.0 Å². The second-order valence-corrected chi connectivity index (χ2v) is 8.26. The Bertz CT molecular complexity index is 1030. The summed E-state index contributed by atoms with van der Waals surface area (Å²) in [5.41, 5.74) is 1.75. The van der Waals surface area contributed by atoms with Gasteiger partial charge >= 0.3 is 6.03 Å². The lowest BCUT2D eigenvalue weighted by molar-refractivity contribution is -0.132. The molecule has 34 heavy (non-hydrogen) atoms. The van der Waals surface area contributed by atoms with Gasteiger partial charge in [0.1, 0.15) is 18.8 Å². The molecule has 1 saturated heterocycles. The van der Waals surface area contributed by atoms with Crippen LogP contribution in [0.1, 0.15) is 13.8 Å². The van der Waals surface area contributed by atoms with Gasteiger partial charge in [-0.25, -0.2) is 4.79 Å². The maximum absolute atomic E-state index is 13.1. The second-order valence-electron chi connectivity index (χ2n) is 8.26. The molecule has 0 unspecified atom stereocenters. The van der Waals surface area contributed by atoms with Crippen LogP contribution in [0.5, 0.6) is 5.75 Å². The van der Waals surface area contributed by atoms with Crippen LogP contribution in [0.3, 0.4) is 0 Å². The monoisotopic (exact) mass is 465 g/mol. The van der Waals surface area contributed by atoms with Crippen molar-refractivity contribution in [3.05, 3.63) is 48.5 Å². The van der Waals surface area contributed by atoms with Crippen LogP contribution in [0.4, 0.5) is 21.9 Å². The van der Waals surface area contributed by atoms with Gasteiger partial charge in [0, 0.05) is 31.9 Å². The van der Waals surface area contributed by atoms with Crippen LogP contribution in [-0.2, 0) is 9.59 Å². The van der Waals surface area contributed by atoms with Crippen LogP contribution in [0.2, 0.25) is 0 Å². The first kappa shape index (κ1) is 23.6. The first-order valence-electron chi connectivity index (χ1n) is 11.7. The molecular formula is C25H31N5O4. The fraction of sp³-hybridized carbons (Fsp3) is 0.400. The molecule has 0 saturated carbocycles. The summed E-state index contributed by atoms with van der Waals surface area (Å²) in [6.07, 6.45) is 0. The van der Waals surface area contributed by atoms with Crippen LogP contribution < -0.4 is 19.9 Å². The number of hydrogen-bond donors (Lipinski definition) is 1. The zero-order valence-corrected chi connectivity index (χ0v) is 19.7. The molecule has 1 N–H and O–H groups in total. The van der Waals surface area contributed by atoms with Gasteiger partial charge in [-0.1, -0.05) is 19.1 Å². The third-order valence-electron chi connectivity index (χ3n) is 6.19. The number of rotatable bonds is 6. The van der Waals surface area contributed by atoms with Crippen molar-refractivity contribution < 1.29 is 19.1 Å². The fourth-order valence-electron chi connectivity index (χ4n) is 4.26. The molecule has 9 heteroatoms. The van der Waals surface area contributed by atoms with Crippen molar-refractivity contribution in [2.24, 2.45) is 0 Å². The molecule has 0 aliphatic carbocycles. The summed E-state index contributed by atoms with van der Waals surface area (Å²) in [5.74, 6) is 0.350. The normalized spacial score (nSPS) is 16.3. The molecule has 0 spiro atoms. The van der Waals surface area contributed by atoms with E-state index in [-0.39, 0.29) is 24.9 Å². The van der Waals surface area contributed by atoms with E-state index >= 15 is 0 Å². The topological polar surface area (TPSA) is 85.4 Å². The van der Waals surface area contributed by atoms with E-state index in [9.17, 15) is 14.4 Å². The quantitative estimate of drug-likeness (QED) is 0.709. The van der Waals surface area contributed by atoms with E-state index in [0.29, 0.717) is 36.8 Å². The molecule has 0 bridgehead atoms. The molecule has 2 aliphatic rings. The van der Waals surface area contributed by atoms with Gasteiger partial charge in [-0.2, -0.15) is 0 Å². The highest BCUT2D eigenvalue weighted by molar-refractivity contribution is 6.15. The van der Waals surface area contributed by atoms with Gasteiger partial charge in [0.25, 0.3) is 0 Å². The number of hydrogen-bond acceptors (Lipinski definition) is 5. The number of amides is 4. The van der Waals surface area contributed by atoms with Crippen LogP contribution in [0.25, 0.3) is 0 Å². The summed E-state index contributed by atoms with van der Waals surface area (Å²) in [6.45, 7) is 8.37. The van der Waals surface area contributed by atoms with Gasteiger partial charge in [0.15, 0.2) is 0 Å². The minimum Gasteiger partial charge on any atom is -0.494 e. The number of para-hydroxylation sites is 2. The summed E-state index contributed by atoms with van der Waals surface area (Å²) in [4.78, 5) is 46.1. The Morgan fingerprint density at radius 1 is 0.941 bits per heavy atom. The van der Waals surface area contributed by atoms with Crippen molar-refractivity contribution >= 4 is 34.9 Å². The average Bonchev–Trinajstić information content (AvgIpc) is 2.86. The van der Waals surface area contributed by atoms with E-state index in [1.807, 2.05) is 17.9 Å². The van der Waals surface area contributed by atoms with Crippen molar-refractivity contribution in [2.45, 2.75) is 13.8 Å². The first-order chi connectivity index (χ1) is 16.5. The number of ether oxygens (including phenoxy) is 1. The smallest absolute Gasteiger partial charge is 0.326 e. The lowest BCUT2D eigenvalue weighted by Gasteiger charge is -2.38. The number of carbonyl (C=O) groups excluding carboxylic acids is 3. The van der Waals surface area contributed by atoms with Gasteiger partial charge < -0.3 is 19.9 Å². The van der Waals surface area contributed by atoms with Crippen LogP contribution in [0, 0.1) is 0 Å². The second kappa shape index (κ2) is 10.6. The standard InChI is InChI=1S/C25H31N5O4/c1-3-27-13-15-28(16-14-27)23(31)17-29-21-7-5-6-8-22(21)30(18-24(29)32)25(33)26-19-9-11-20(12-10-19)34-4-2/h5-12H,3-4,13-18H2,1-2H3,(H,26,33). The molecule has 0 radical (unpaired) electrons. The average molecular weight is 466 g/mol. The zero-order valence-electron chi connectivity index (χ0n) is 19.7. The van der Waals surface area contributed by atoms with Crippen molar-refractivity contribution in [1.29, 1.82) is 0 Å². The van der Waals surface area contributed by atoms with E-state index < -0.39 is 6.03 Å². The summed E-state index contributed by atoms with van der Waals surface area (Å²) in [5, 5.41) is 2.84. The molecule has 2 aliphatic heterocycles. The number of fused-ring (bicyclic) bond motifs is 1. The Labute approximate surface area is 199 Å². The van der Waals surface area contributed by atoms with Crippen LogP contribution in [-0.4, -0.2) is 80.1 Å². The predicted octanol–water partition coefficient (Wildman–Crippen LogP) is 2.63. The highest BCUT2D eigenvalue weighted by Crippen LogP contribution is 2.34. The number of piperazine rings is 1. The molecule has 2 heterocycles. The molecule has 0 aromatic heterocycles. The summed E-state index contributed by atoms with van der Waals surface area (Å²) in [6, 6.07) is 13.8. The molecule has 2 aromatic rings. The van der Waals surface area contributed by atoms with Gasteiger partial charge in [0.2, 0.25) is 11.8 Å². The molecule has 9 nitrogen and oxygen atoms in total. The number of nitrogens with zero attached hydrogens (tertiary/aromatic N) is 4. The van der Waals surface area contributed by atoms with E-state index in [4.69, 9.17) is 4.74 Å². The molecule has 180 valence electrons. The molecular weight excluding hydrogens is 434 g/mol. The molecule has 0 atom stereocenters. The van der Waals surface area contributed by atoms with Crippen LogP contribution >= 0.6 is 0 Å². The first-order valence-corrected chi connectivity index (χ1v) is 11.7. The van der Waals surface area contributed by atoms with Crippen molar-refractivity contribution in [3.63, 3.8) is 0 Å².